The molecule has 0 aliphatic rings. The molecule has 0 saturated heterocycles. The van der Waals surface area contributed by atoms with Crippen LogP contribution in [0.3, 0.4) is 0 Å². The van der Waals surface area contributed by atoms with E-state index in [4.69, 9.17) is 0 Å². The molecule has 13 heteroatoms. The molecule has 0 aliphatic carbocycles. The fourth-order valence-corrected chi connectivity index (χ4v) is 4.60. The van der Waals surface area contributed by atoms with Gasteiger partial charge in [-0.3, -0.25) is 5.32 Å². The van der Waals surface area contributed by atoms with Gasteiger partial charge in [-0.05, 0) is 18.4 Å². The molecule has 2 aromatic heterocycles. The van der Waals surface area contributed by atoms with Gasteiger partial charge in [0, 0.05) is 17.3 Å². The minimum atomic E-state index is -4.86. The van der Waals surface area contributed by atoms with Crippen molar-refractivity contribution >= 4 is 24.6 Å². The van der Waals surface area contributed by atoms with E-state index in [-0.39, 0.29) is 11.3 Å². The van der Waals surface area contributed by atoms with Gasteiger partial charge in [-0.25, -0.2) is 12.4 Å². The molecule has 30 heavy (non-hydrogen) atoms. The van der Waals surface area contributed by atoms with Crippen molar-refractivity contribution in [3.63, 3.8) is 0 Å². The van der Waals surface area contributed by atoms with Crippen LogP contribution in [0.2, 0.25) is 0 Å². The van der Waals surface area contributed by atoms with Crippen molar-refractivity contribution in [1.29, 1.82) is 0 Å². The fraction of sp³-hybridized carbons (Fsp3) is 0.118. The minimum Gasteiger partial charge on any atom is -0.503 e. The number of benzene rings is 1. The van der Waals surface area contributed by atoms with Gasteiger partial charge in [-0.1, -0.05) is 24.3 Å². The molecule has 1 aromatic carbocycles. The zero-order valence-electron chi connectivity index (χ0n) is 15.3. The average molecular weight is 455 g/mol. The molecule has 0 radical (unpaired) electrons. The summed E-state index contributed by atoms with van der Waals surface area (Å²) < 4.78 is 27.2. The second-order valence-electron chi connectivity index (χ2n) is 6.21. The summed E-state index contributed by atoms with van der Waals surface area (Å²) in [5, 5.41) is 62.1. The number of pyridine rings is 1. The maximum Gasteiger partial charge on any atom is 0.277 e. The Labute approximate surface area is 172 Å². The number of aromatic hydroxyl groups is 4. The van der Waals surface area contributed by atoms with E-state index in [0.717, 1.165) is 6.20 Å². The molecule has 3 aromatic rings. The minimum absolute atomic E-state index is 0.0512. The zero-order valence-corrected chi connectivity index (χ0v) is 17.3. The van der Waals surface area contributed by atoms with E-state index < -0.39 is 44.1 Å². The number of aliphatic hydroxyl groups is 2. The molecule has 2 heterocycles. The Morgan fingerprint density at radius 3 is 2.30 bits per heavy atom. The van der Waals surface area contributed by atoms with E-state index in [0.29, 0.717) is 14.8 Å². The van der Waals surface area contributed by atoms with Crippen LogP contribution in [-0.2, 0) is 15.9 Å². The summed E-state index contributed by atoms with van der Waals surface area (Å²) in [6.07, 6.45) is 0.862. The molecule has 0 aliphatic heterocycles. The van der Waals surface area contributed by atoms with Crippen molar-refractivity contribution in [2.45, 2.75) is 10.8 Å². The summed E-state index contributed by atoms with van der Waals surface area (Å²) in [6.45, 7) is 0. The maximum atomic E-state index is 13.3. The molecule has 1 atom stereocenters. The van der Waals surface area contributed by atoms with E-state index in [1.807, 2.05) is 0 Å². The highest BCUT2D eigenvalue weighted by molar-refractivity contribution is 7.90. The van der Waals surface area contributed by atoms with Gasteiger partial charge < -0.3 is 30.6 Å². The van der Waals surface area contributed by atoms with Crippen LogP contribution < -0.4 is 10.6 Å². The van der Waals surface area contributed by atoms with Gasteiger partial charge in [-0.2, -0.15) is 4.98 Å². The molecule has 160 valence electrons. The molecule has 0 saturated carbocycles. The topological polar surface area (TPSA) is 185 Å². The Morgan fingerprint density at radius 1 is 1.07 bits per heavy atom. The monoisotopic (exact) mass is 455 g/mol. The summed E-state index contributed by atoms with van der Waals surface area (Å²) in [6, 6.07) is 7.73. The molecular formula is C17H18N3O8PS. The van der Waals surface area contributed by atoms with Crippen LogP contribution in [0.25, 0.3) is 11.3 Å². The Hall–Kier alpha value is -2.89. The van der Waals surface area contributed by atoms with Gasteiger partial charge in [0.2, 0.25) is 11.6 Å². The molecule has 7 N–H and O–H groups in total. The molecule has 3 rings (SSSR count). The molecular weight excluding hydrogens is 437 g/mol. The predicted octanol–water partition coefficient (Wildman–Crippen LogP) is -0.576. The molecule has 0 spiro atoms. The second-order valence-corrected chi connectivity index (χ2v) is 8.58. The van der Waals surface area contributed by atoms with Crippen LogP contribution in [0.5, 0.6) is 23.3 Å². The lowest BCUT2D eigenvalue weighted by Gasteiger charge is -2.18. The summed E-state index contributed by atoms with van der Waals surface area (Å²) in [4.78, 5) is 1.92. The van der Waals surface area contributed by atoms with E-state index in [9.17, 15) is 39.1 Å². The first-order valence-corrected chi connectivity index (χ1v) is 10.2. The summed E-state index contributed by atoms with van der Waals surface area (Å²) >= 11 is 0. The zero-order chi connectivity index (χ0) is 22.4. The van der Waals surface area contributed by atoms with Crippen molar-refractivity contribution in [3.05, 3.63) is 42.1 Å². The largest absolute Gasteiger partial charge is 0.503 e. The number of nitrogens with one attached hydrogen (secondary N) is 1. The fourth-order valence-electron chi connectivity index (χ4n) is 2.76. The maximum absolute atomic E-state index is 13.3. The van der Waals surface area contributed by atoms with Crippen LogP contribution in [0.15, 0.2) is 41.4 Å². The lowest BCUT2D eigenvalue weighted by molar-refractivity contribution is -0.190. The Morgan fingerprint density at radius 2 is 1.70 bits per heavy atom. The van der Waals surface area contributed by atoms with E-state index in [1.54, 1.807) is 24.3 Å². The third kappa shape index (κ3) is 3.44. The Bertz CT molecular complexity index is 1240. The van der Waals surface area contributed by atoms with E-state index in [1.165, 1.54) is 13.1 Å². The lowest BCUT2D eigenvalue weighted by atomic mass is 10.1. The van der Waals surface area contributed by atoms with Gasteiger partial charge in [-0.15, -0.1) is 9.24 Å². The summed E-state index contributed by atoms with van der Waals surface area (Å²) in [5.74, 6) is -7.62. The lowest BCUT2D eigenvalue weighted by Crippen LogP contribution is -2.39. The van der Waals surface area contributed by atoms with Crippen molar-refractivity contribution in [2.75, 3.05) is 7.05 Å². The van der Waals surface area contributed by atoms with Gasteiger partial charge >= 0.3 is 0 Å². The molecule has 0 bridgehead atoms. The second kappa shape index (κ2) is 7.42. The third-order valence-electron chi connectivity index (χ3n) is 4.36. The Balaban J connectivity index is 2.38. The van der Waals surface area contributed by atoms with Gasteiger partial charge in [0.25, 0.3) is 21.8 Å². The predicted molar refractivity (Wildman–Crippen MR) is 108 cm³/mol. The standard InChI is InChI=1S/C17H18N3O8PS/c1-18-17(25,26)8-6-10(9-4-2-3-5-11(9)29)20(7-8)30(27,28)14-12(21)13(22)15(23)19-16(14)24/h2-7,18,22,25-26H,29H2,1H3,(H3,19,21,23,24). The van der Waals surface area contributed by atoms with Crippen molar-refractivity contribution < 1.29 is 39.1 Å². The normalized spacial score (nSPS) is 12.3. The smallest absolute Gasteiger partial charge is 0.277 e. The summed E-state index contributed by atoms with van der Waals surface area (Å²) in [7, 11) is -1.22. The van der Waals surface area contributed by atoms with Gasteiger partial charge in [0.1, 0.15) is 0 Å². The average Bonchev–Trinajstić information content (AvgIpc) is 3.13. The van der Waals surface area contributed by atoms with Gasteiger partial charge in [0.05, 0.1) is 5.69 Å². The summed E-state index contributed by atoms with van der Waals surface area (Å²) in [5.41, 5.74) is 0.0376. The van der Waals surface area contributed by atoms with Crippen LogP contribution >= 0.6 is 9.24 Å². The van der Waals surface area contributed by atoms with E-state index >= 15 is 0 Å². The van der Waals surface area contributed by atoms with Crippen LogP contribution in [0.4, 0.5) is 0 Å². The van der Waals surface area contributed by atoms with Crippen LogP contribution in [0.1, 0.15) is 5.56 Å². The number of hydrogen-bond acceptors (Lipinski definition) is 10. The number of rotatable bonds is 5. The number of nitrogens with zero attached hydrogens (tertiary/aromatic N) is 2. The third-order valence-corrected chi connectivity index (χ3v) is 6.57. The van der Waals surface area contributed by atoms with Gasteiger partial charge in [0.15, 0.2) is 10.6 Å². The first-order chi connectivity index (χ1) is 13.9. The first kappa shape index (κ1) is 21.8. The van der Waals surface area contributed by atoms with Crippen molar-refractivity contribution in [1.82, 2.24) is 14.3 Å². The number of aromatic nitrogens is 2. The van der Waals surface area contributed by atoms with Crippen molar-refractivity contribution in [3.8, 4) is 34.5 Å². The molecule has 1 unspecified atom stereocenters. The van der Waals surface area contributed by atoms with Crippen LogP contribution in [-0.4, -0.2) is 55.1 Å². The highest BCUT2D eigenvalue weighted by atomic mass is 32.2. The highest BCUT2D eigenvalue weighted by Crippen LogP contribution is 2.44. The van der Waals surface area contributed by atoms with Crippen LogP contribution in [0, 0.1) is 0 Å². The molecule has 11 nitrogen and oxygen atoms in total. The number of hydrogen-bond donors (Lipinski definition) is 7. The van der Waals surface area contributed by atoms with Crippen molar-refractivity contribution in [2.24, 2.45) is 0 Å². The SMILES string of the molecule is CNC(O)(O)c1cc(-c2ccccc2P)n(S(=O)(=O)c2c(O)nc(O)c(O)c2O)c1. The molecule has 0 fully saturated rings. The quantitative estimate of drug-likeness (QED) is 0.194. The Kier molecular flexibility index (Phi) is 5.39. The highest BCUT2D eigenvalue weighted by Gasteiger charge is 2.35. The first-order valence-electron chi connectivity index (χ1n) is 8.22. The van der Waals surface area contributed by atoms with E-state index in [2.05, 4.69) is 19.5 Å². The molecule has 0 amide bonds.